The average molecular weight is 480 g/mol. The van der Waals surface area contributed by atoms with E-state index >= 15 is 0 Å². The van der Waals surface area contributed by atoms with Crippen molar-refractivity contribution in [1.29, 1.82) is 0 Å². The van der Waals surface area contributed by atoms with Crippen molar-refractivity contribution >= 4 is 51.1 Å². The molecular formula is C20H29N7OS3. The molecule has 1 fully saturated rings. The van der Waals surface area contributed by atoms with Crippen LogP contribution in [0, 0.1) is 5.92 Å². The molecule has 0 radical (unpaired) electrons. The van der Waals surface area contributed by atoms with Crippen molar-refractivity contribution in [2.75, 3.05) is 56.6 Å². The van der Waals surface area contributed by atoms with E-state index in [-0.39, 0.29) is 5.91 Å². The van der Waals surface area contributed by atoms with Crippen LogP contribution in [0.5, 0.6) is 0 Å². The molecule has 1 aliphatic rings. The summed E-state index contributed by atoms with van der Waals surface area (Å²) in [5.41, 5.74) is 7.48. The number of aromatic nitrogens is 2. The minimum atomic E-state index is 0.0637. The number of anilines is 2. The maximum Gasteiger partial charge on any atom is 0.253 e. The SMILES string of the molecule is CSc1cnc(NC[C@H](C)CNSSc2cc(C(=O)N3CCNCC3)ccc2N)nc1. The van der Waals surface area contributed by atoms with E-state index in [1.807, 2.05) is 41.7 Å². The van der Waals surface area contributed by atoms with Crippen molar-refractivity contribution < 1.29 is 4.79 Å². The van der Waals surface area contributed by atoms with Gasteiger partial charge in [-0.25, -0.2) is 9.97 Å². The normalized spacial score (nSPS) is 15.0. The van der Waals surface area contributed by atoms with E-state index in [0.717, 1.165) is 49.1 Å². The summed E-state index contributed by atoms with van der Waals surface area (Å²) in [5.74, 6) is 1.09. The van der Waals surface area contributed by atoms with Crippen molar-refractivity contribution in [3.63, 3.8) is 0 Å². The first-order valence-electron chi connectivity index (χ1n) is 10.1. The highest BCUT2D eigenvalue weighted by molar-refractivity contribution is 8.76. The predicted molar refractivity (Wildman–Crippen MR) is 133 cm³/mol. The van der Waals surface area contributed by atoms with Crippen molar-refractivity contribution in [2.24, 2.45) is 5.92 Å². The summed E-state index contributed by atoms with van der Waals surface area (Å²) in [6, 6.07) is 5.51. The number of hydrogen-bond donors (Lipinski definition) is 4. The standard InChI is InChI=1S/C20H29N7OS3/c1-14(10-23-20-24-12-16(29-2)13-25-20)11-26-31-30-18-9-15(3-4-17(18)21)19(28)27-7-5-22-6-8-27/h3-4,9,12-14,22,26H,5-8,10-11,21H2,1-2H3,(H,23,24,25)/t14-/m0/s1. The highest BCUT2D eigenvalue weighted by atomic mass is 33.1. The molecule has 2 heterocycles. The first-order chi connectivity index (χ1) is 15.1. The molecule has 5 N–H and O–H groups in total. The third-order valence-electron chi connectivity index (χ3n) is 4.76. The lowest BCUT2D eigenvalue weighted by Crippen LogP contribution is -2.46. The number of nitrogens with one attached hydrogen (secondary N) is 3. The Balaban J connectivity index is 1.41. The van der Waals surface area contributed by atoms with E-state index < -0.39 is 0 Å². The summed E-state index contributed by atoms with van der Waals surface area (Å²) in [7, 11) is 3.06. The van der Waals surface area contributed by atoms with Gasteiger partial charge in [0.15, 0.2) is 0 Å². The van der Waals surface area contributed by atoms with Gasteiger partial charge < -0.3 is 21.3 Å². The summed E-state index contributed by atoms with van der Waals surface area (Å²) in [4.78, 5) is 25.1. The largest absolute Gasteiger partial charge is 0.398 e. The van der Waals surface area contributed by atoms with Gasteiger partial charge in [0.2, 0.25) is 5.95 Å². The van der Waals surface area contributed by atoms with E-state index in [9.17, 15) is 4.79 Å². The molecule has 31 heavy (non-hydrogen) atoms. The molecule has 8 nitrogen and oxygen atoms in total. The number of piperazine rings is 1. The minimum Gasteiger partial charge on any atom is -0.398 e. The van der Waals surface area contributed by atoms with Crippen LogP contribution in [-0.2, 0) is 0 Å². The molecule has 1 aromatic carbocycles. The van der Waals surface area contributed by atoms with Crippen LogP contribution in [-0.4, -0.2) is 66.3 Å². The highest BCUT2D eigenvalue weighted by Crippen LogP contribution is 2.34. The summed E-state index contributed by atoms with van der Waals surface area (Å²) in [5, 5.41) is 6.53. The summed E-state index contributed by atoms with van der Waals surface area (Å²) >= 11 is 1.62. The number of benzene rings is 1. The van der Waals surface area contributed by atoms with E-state index in [4.69, 9.17) is 5.73 Å². The number of carbonyl (C=O) groups excluding carboxylic acids is 1. The van der Waals surface area contributed by atoms with Gasteiger partial charge in [-0.05, 0) is 52.1 Å². The number of amides is 1. The number of hydrogen-bond acceptors (Lipinski definition) is 10. The first kappa shape index (κ1) is 24.0. The number of nitrogens with two attached hydrogens (primary N) is 1. The zero-order valence-electron chi connectivity index (χ0n) is 17.8. The quantitative estimate of drug-likeness (QED) is 0.134. The lowest BCUT2D eigenvalue weighted by molar-refractivity contribution is 0.0735. The smallest absolute Gasteiger partial charge is 0.253 e. The lowest BCUT2D eigenvalue weighted by Gasteiger charge is -2.27. The van der Waals surface area contributed by atoms with Gasteiger partial charge in [0.25, 0.3) is 5.91 Å². The third-order valence-corrected chi connectivity index (χ3v) is 7.48. The molecule has 1 saturated heterocycles. The van der Waals surface area contributed by atoms with Gasteiger partial charge in [-0.2, -0.15) is 0 Å². The Morgan fingerprint density at radius 1 is 1.26 bits per heavy atom. The molecule has 11 heteroatoms. The van der Waals surface area contributed by atoms with Crippen molar-refractivity contribution in [1.82, 2.24) is 24.9 Å². The van der Waals surface area contributed by atoms with Gasteiger partial charge in [0.1, 0.15) is 0 Å². The second kappa shape index (κ2) is 12.4. The number of nitrogens with zero attached hydrogens (tertiary/aromatic N) is 3. The lowest BCUT2D eigenvalue weighted by atomic mass is 10.1. The number of nitrogen functional groups attached to an aromatic ring is 1. The van der Waals surface area contributed by atoms with Crippen LogP contribution < -0.4 is 21.1 Å². The van der Waals surface area contributed by atoms with E-state index in [2.05, 4.69) is 32.2 Å². The Hall–Kier alpha value is -1.66. The predicted octanol–water partition coefficient (Wildman–Crippen LogP) is 2.82. The number of carbonyl (C=O) groups is 1. The Labute approximate surface area is 195 Å². The fraction of sp³-hybridized carbons (Fsp3) is 0.450. The molecule has 0 saturated carbocycles. The summed E-state index contributed by atoms with van der Waals surface area (Å²) in [6.07, 6.45) is 5.64. The van der Waals surface area contributed by atoms with Crippen molar-refractivity contribution in [3.05, 3.63) is 36.2 Å². The van der Waals surface area contributed by atoms with Gasteiger partial charge in [0.05, 0.1) is 0 Å². The monoisotopic (exact) mass is 479 g/mol. The molecule has 0 aliphatic carbocycles. The minimum absolute atomic E-state index is 0.0637. The molecular weight excluding hydrogens is 450 g/mol. The van der Waals surface area contributed by atoms with Gasteiger partial charge >= 0.3 is 0 Å². The Morgan fingerprint density at radius 2 is 2.00 bits per heavy atom. The molecule has 1 amide bonds. The van der Waals surface area contributed by atoms with Gasteiger partial charge in [-0.15, -0.1) is 11.8 Å². The molecule has 0 bridgehead atoms. The Morgan fingerprint density at radius 3 is 2.71 bits per heavy atom. The molecule has 1 atom stereocenters. The van der Waals surface area contributed by atoms with Crippen LogP contribution in [0.25, 0.3) is 0 Å². The van der Waals surface area contributed by atoms with E-state index in [1.165, 1.54) is 21.8 Å². The zero-order chi connectivity index (χ0) is 22.1. The fourth-order valence-corrected chi connectivity index (χ4v) is 5.13. The first-order valence-corrected chi connectivity index (χ1v) is 13.5. The molecule has 168 valence electrons. The van der Waals surface area contributed by atoms with Crippen LogP contribution >= 0.6 is 33.5 Å². The number of rotatable bonds is 10. The molecule has 0 unspecified atom stereocenters. The van der Waals surface area contributed by atoms with Crippen molar-refractivity contribution in [2.45, 2.75) is 16.7 Å². The maximum atomic E-state index is 12.7. The molecule has 0 spiro atoms. The maximum absolute atomic E-state index is 12.7. The summed E-state index contributed by atoms with van der Waals surface area (Å²) < 4.78 is 3.36. The molecule has 2 aromatic rings. The van der Waals surface area contributed by atoms with Crippen LogP contribution in [0.15, 0.2) is 40.4 Å². The van der Waals surface area contributed by atoms with Crippen LogP contribution in [0.4, 0.5) is 11.6 Å². The highest BCUT2D eigenvalue weighted by Gasteiger charge is 2.18. The van der Waals surface area contributed by atoms with Gasteiger partial charge in [-0.1, -0.05) is 6.92 Å². The second-order valence-corrected chi connectivity index (χ2v) is 10.2. The van der Waals surface area contributed by atoms with Gasteiger partial charge in [-0.3, -0.25) is 9.52 Å². The molecule has 1 aromatic heterocycles. The average Bonchev–Trinajstić information content (AvgIpc) is 2.82. The molecule has 3 rings (SSSR count). The number of thioether (sulfide) groups is 1. The second-order valence-electron chi connectivity index (χ2n) is 7.24. The van der Waals surface area contributed by atoms with Crippen LogP contribution in [0.2, 0.25) is 0 Å². The topological polar surface area (TPSA) is 108 Å². The zero-order valence-corrected chi connectivity index (χ0v) is 20.2. The van der Waals surface area contributed by atoms with E-state index in [0.29, 0.717) is 23.1 Å². The Bertz CT molecular complexity index is 847. The fourth-order valence-electron chi connectivity index (χ4n) is 2.89. The van der Waals surface area contributed by atoms with Crippen molar-refractivity contribution in [3.8, 4) is 0 Å². The third kappa shape index (κ3) is 7.46. The van der Waals surface area contributed by atoms with Crippen LogP contribution in [0.1, 0.15) is 17.3 Å². The van der Waals surface area contributed by atoms with Gasteiger partial charge in [0, 0.05) is 72.7 Å². The van der Waals surface area contributed by atoms with E-state index in [1.54, 1.807) is 11.8 Å². The summed E-state index contributed by atoms with van der Waals surface area (Å²) in [6.45, 7) is 6.89. The Kier molecular flexibility index (Phi) is 9.59. The molecule has 1 aliphatic heterocycles. The van der Waals surface area contributed by atoms with Crippen LogP contribution in [0.3, 0.4) is 0 Å².